The molecule has 0 saturated carbocycles. The fraction of sp³-hybridized carbons (Fsp3) is 0.143. The van der Waals surface area contributed by atoms with Crippen molar-refractivity contribution in [1.82, 2.24) is 0 Å². The second-order valence-corrected chi connectivity index (χ2v) is 5.25. The normalized spacial score (nSPS) is 10.3. The van der Waals surface area contributed by atoms with Crippen molar-refractivity contribution >= 4 is 27.3 Å². The number of hydrogen-bond acceptors (Lipinski definition) is 4. The third-order valence-corrected chi connectivity index (χ3v) is 3.57. The van der Waals surface area contributed by atoms with Gasteiger partial charge in [0.05, 0.1) is 9.40 Å². The Hall–Kier alpha value is -2.08. The molecule has 0 saturated heterocycles. The minimum atomic E-state index is -0.417. The lowest BCUT2D eigenvalue weighted by molar-refractivity contribution is -0.385. The Balaban J connectivity index is 2.15. The van der Waals surface area contributed by atoms with E-state index in [2.05, 4.69) is 21.2 Å². The van der Waals surface area contributed by atoms with Crippen molar-refractivity contribution in [1.29, 1.82) is 0 Å². The molecule has 2 N–H and O–H groups in total. The lowest BCUT2D eigenvalue weighted by Crippen LogP contribution is -2.01. The van der Waals surface area contributed by atoms with E-state index in [4.69, 9.17) is 0 Å². The Bertz CT molecular complexity index is 659. The first-order chi connectivity index (χ1) is 9.47. The Kier molecular flexibility index (Phi) is 4.24. The summed E-state index contributed by atoms with van der Waals surface area (Å²) in [6.45, 7) is 2.35. The van der Waals surface area contributed by atoms with Crippen molar-refractivity contribution in [3.05, 3.63) is 62.1 Å². The van der Waals surface area contributed by atoms with E-state index < -0.39 is 4.92 Å². The number of nitrogens with one attached hydrogen (secondary N) is 1. The van der Waals surface area contributed by atoms with Crippen LogP contribution >= 0.6 is 15.9 Å². The van der Waals surface area contributed by atoms with Crippen LogP contribution in [0.1, 0.15) is 11.1 Å². The van der Waals surface area contributed by atoms with Gasteiger partial charge in [-0.25, -0.2) is 0 Å². The second-order valence-electron chi connectivity index (χ2n) is 4.40. The zero-order chi connectivity index (χ0) is 14.7. The van der Waals surface area contributed by atoms with E-state index in [0.29, 0.717) is 11.0 Å². The SMILES string of the molecule is Cc1cc(O)ccc1NCc1ccc(Br)c([N+](=O)[O-])c1. The van der Waals surface area contributed by atoms with Gasteiger partial charge in [-0.15, -0.1) is 0 Å². The average Bonchev–Trinajstić information content (AvgIpc) is 2.39. The molecule has 2 aromatic rings. The molecule has 0 fully saturated rings. The molecule has 0 spiro atoms. The molecule has 0 amide bonds. The summed E-state index contributed by atoms with van der Waals surface area (Å²) < 4.78 is 0.465. The summed E-state index contributed by atoms with van der Waals surface area (Å²) in [6.07, 6.45) is 0. The van der Waals surface area contributed by atoms with E-state index in [1.165, 1.54) is 6.07 Å². The van der Waals surface area contributed by atoms with Crippen molar-refractivity contribution in [3.63, 3.8) is 0 Å². The Morgan fingerprint density at radius 3 is 2.70 bits per heavy atom. The van der Waals surface area contributed by atoms with Gasteiger partial charge in [0.25, 0.3) is 5.69 Å². The van der Waals surface area contributed by atoms with Gasteiger partial charge in [-0.05, 0) is 58.2 Å². The highest BCUT2D eigenvalue weighted by molar-refractivity contribution is 9.10. The summed E-state index contributed by atoms with van der Waals surface area (Å²) in [7, 11) is 0. The molecule has 0 radical (unpaired) electrons. The van der Waals surface area contributed by atoms with Crippen molar-refractivity contribution in [3.8, 4) is 5.75 Å². The molecule has 0 aliphatic rings. The number of nitrogens with zero attached hydrogens (tertiary/aromatic N) is 1. The van der Waals surface area contributed by atoms with Gasteiger partial charge in [-0.3, -0.25) is 10.1 Å². The number of halogens is 1. The summed E-state index contributed by atoms with van der Waals surface area (Å²) in [5, 5.41) is 23.4. The van der Waals surface area contributed by atoms with Gasteiger partial charge in [-0.1, -0.05) is 6.07 Å². The van der Waals surface area contributed by atoms with Crippen molar-refractivity contribution in [2.75, 3.05) is 5.32 Å². The molecule has 6 heteroatoms. The summed E-state index contributed by atoms with van der Waals surface area (Å²) in [5.41, 5.74) is 2.66. The average molecular weight is 337 g/mol. The third kappa shape index (κ3) is 3.27. The number of nitro benzene ring substituents is 1. The van der Waals surface area contributed by atoms with Crippen LogP contribution < -0.4 is 5.32 Å². The first-order valence-electron chi connectivity index (χ1n) is 5.93. The molecule has 0 aliphatic heterocycles. The van der Waals surface area contributed by atoms with Crippen molar-refractivity contribution in [2.24, 2.45) is 0 Å². The summed E-state index contributed by atoms with van der Waals surface area (Å²) >= 11 is 3.16. The quantitative estimate of drug-likeness (QED) is 0.503. The molecule has 2 rings (SSSR count). The van der Waals surface area contributed by atoms with Crippen LogP contribution in [0.25, 0.3) is 0 Å². The van der Waals surface area contributed by atoms with E-state index in [9.17, 15) is 15.2 Å². The van der Waals surface area contributed by atoms with Gasteiger partial charge < -0.3 is 10.4 Å². The largest absolute Gasteiger partial charge is 0.508 e. The maximum absolute atomic E-state index is 10.9. The minimum absolute atomic E-state index is 0.0479. The third-order valence-electron chi connectivity index (χ3n) is 2.90. The number of phenolic OH excluding ortho intramolecular Hbond substituents is 1. The van der Waals surface area contributed by atoms with Crippen LogP contribution in [0.3, 0.4) is 0 Å². The number of hydrogen-bond donors (Lipinski definition) is 2. The van der Waals surface area contributed by atoms with Crippen LogP contribution in [0.4, 0.5) is 11.4 Å². The van der Waals surface area contributed by atoms with E-state index in [0.717, 1.165) is 16.8 Å². The topological polar surface area (TPSA) is 75.4 Å². The van der Waals surface area contributed by atoms with Gasteiger partial charge in [0.15, 0.2) is 0 Å². The molecule has 20 heavy (non-hydrogen) atoms. The fourth-order valence-electron chi connectivity index (χ4n) is 1.85. The first-order valence-corrected chi connectivity index (χ1v) is 6.73. The number of aryl methyl sites for hydroxylation is 1. The number of benzene rings is 2. The van der Waals surface area contributed by atoms with Crippen LogP contribution in [0.5, 0.6) is 5.75 Å². The van der Waals surface area contributed by atoms with Gasteiger partial charge in [-0.2, -0.15) is 0 Å². The zero-order valence-electron chi connectivity index (χ0n) is 10.8. The molecule has 0 aliphatic carbocycles. The molecule has 104 valence electrons. The summed E-state index contributed by atoms with van der Waals surface area (Å²) in [4.78, 5) is 10.4. The monoisotopic (exact) mass is 336 g/mol. The molecule has 5 nitrogen and oxygen atoms in total. The van der Waals surface area contributed by atoms with Gasteiger partial charge in [0.1, 0.15) is 5.75 Å². The van der Waals surface area contributed by atoms with Crippen molar-refractivity contribution < 1.29 is 10.0 Å². The second kappa shape index (κ2) is 5.92. The fourth-order valence-corrected chi connectivity index (χ4v) is 2.24. The van der Waals surface area contributed by atoms with Crippen LogP contribution in [0.15, 0.2) is 40.9 Å². The first kappa shape index (κ1) is 14.3. The molecule has 0 bridgehead atoms. The predicted molar refractivity (Wildman–Crippen MR) is 81.0 cm³/mol. The maximum atomic E-state index is 10.9. The van der Waals surface area contributed by atoms with E-state index in [1.807, 2.05) is 13.0 Å². The van der Waals surface area contributed by atoms with E-state index in [1.54, 1.807) is 24.3 Å². The molecule has 2 aromatic carbocycles. The zero-order valence-corrected chi connectivity index (χ0v) is 12.3. The standard InChI is InChI=1S/C14H13BrN2O3/c1-9-6-11(18)3-5-13(9)16-8-10-2-4-12(15)14(7-10)17(19)20/h2-7,16,18H,8H2,1H3. The van der Waals surface area contributed by atoms with Crippen molar-refractivity contribution in [2.45, 2.75) is 13.5 Å². The van der Waals surface area contributed by atoms with Crippen LogP contribution in [0, 0.1) is 17.0 Å². The van der Waals surface area contributed by atoms with E-state index in [-0.39, 0.29) is 11.4 Å². The molecule has 0 atom stereocenters. The summed E-state index contributed by atoms with van der Waals surface area (Å²) in [6, 6.07) is 10.1. The Morgan fingerprint density at radius 2 is 2.05 bits per heavy atom. The molecular formula is C14H13BrN2O3. The smallest absolute Gasteiger partial charge is 0.283 e. The molecule has 0 heterocycles. The number of rotatable bonds is 4. The highest BCUT2D eigenvalue weighted by Gasteiger charge is 2.12. The minimum Gasteiger partial charge on any atom is -0.508 e. The number of nitro groups is 1. The van der Waals surface area contributed by atoms with Crippen LogP contribution in [-0.4, -0.2) is 10.0 Å². The van der Waals surface area contributed by atoms with Gasteiger partial charge in [0, 0.05) is 18.3 Å². The predicted octanol–water partition coefficient (Wildman–Crippen LogP) is 3.98. The highest BCUT2D eigenvalue weighted by atomic mass is 79.9. The lowest BCUT2D eigenvalue weighted by atomic mass is 10.1. The molecular weight excluding hydrogens is 324 g/mol. The number of aromatic hydroxyl groups is 1. The van der Waals surface area contributed by atoms with Crippen LogP contribution in [0.2, 0.25) is 0 Å². The highest BCUT2D eigenvalue weighted by Crippen LogP contribution is 2.26. The molecule has 0 unspecified atom stereocenters. The maximum Gasteiger partial charge on any atom is 0.283 e. The Morgan fingerprint density at radius 1 is 1.30 bits per heavy atom. The Labute approximate surface area is 124 Å². The van der Waals surface area contributed by atoms with E-state index >= 15 is 0 Å². The molecule has 0 aromatic heterocycles. The number of phenols is 1. The number of anilines is 1. The lowest BCUT2D eigenvalue weighted by Gasteiger charge is -2.10. The van der Waals surface area contributed by atoms with Crippen LogP contribution in [-0.2, 0) is 6.54 Å². The van der Waals surface area contributed by atoms with Gasteiger partial charge >= 0.3 is 0 Å². The van der Waals surface area contributed by atoms with Gasteiger partial charge in [0.2, 0.25) is 0 Å². The summed E-state index contributed by atoms with van der Waals surface area (Å²) in [5.74, 6) is 0.215.